The number of rotatable bonds is 3. The van der Waals surface area contributed by atoms with E-state index in [9.17, 15) is 9.59 Å². The summed E-state index contributed by atoms with van der Waals surface area (Å²) >= 11 is 5.39. The fourth-order valence-corrected chi connectivity index (χ4v) is 6.11. The quantitative estimate of drug-likeness (QED) is 0.329. The Hall–Kier alpha value is -2.99. The molecule has 2 aromatic carbocycles. The number of carbonyl (C=O) groups is 2. The molecular formula is C29H35N3O2S. The lowest BCUT2D eigenvalue weighted by Crippen LogP contribution is -2.54. The van der Waals surface area contributed by atoms with Gasteiger partial charge in [-0.2, -0.15) is 0 Å². The molecule has 0 spiro atoms. The van der Waals surface area contributed by atoms with Crippen LogP contribution in [0, 0.1) is 20.8 Å². The Bertz CT molecular complexity index is 1270. The van der Waals surface area contributed by atoms with E-state index in [1.165, 1.54) is 16.2 Å². The van der Waals surface area contributed by atoms with Crippen molar-refractivity contribution in [2.45, 2.75) is 79.3 Å². The van der Waals surface area contributed by atoms with Gasteiger partial charge in [0.2, 0.25) is 0 Å². The van der Waals surface area contributed by atoms with E-state index in [0.717, 1.165) is 28.7 Å². The van der Waals surface area contributed by atoms with Gasteiger partial charge in [0.15, 0.2) is 5.11 Å². The molecule has 0 radical (unpaired) electrons. The number of nitrogens with one attached hydrogen (secondary N) is 1. The van der Waals surface area contributed by atoms with Crippen LogP contribution in [0.4, 0.5) is 11.4 Å². The van der Waals surface area contributed by atoms with E-state index in [2.05, 4.69) is 57.0 Å². The molecule has 2 aliphatic heterocycles. The molecule has 2 aliphatic rings. The second kappa shape index (κ2) is 8.90. The second-order valence-electron chi connectivity index (χ2n) is 10.9. The first kappa shape index (κ1) is 25.1. The van der Waals surface area contributed by atoms with Crippen molar-refractivity contribution in [1.29, 1.82) is 0 Å². The predicted octanol–water partition coefficient (Wildman–Crippen LogP) is 5.94. The molecule has 2 heterocycles. The van der Waals surface area contributed by atoms with Gasteiger partial charge < -0.3 is 4.90 Å². The molecule has 2 amide bonds. The van der Waals surface area contributed by atoms with E-state index < -0.39 is 11.8 Å². The van der Waals surface area contributed by atoms with Gasteiger partial charge in [-0.15, -0.1) is 0 Å². The number of hydrogen-bond acceptors (Lipinski definition) is 4. The number of amides is 2. The van der Waals surface area contributed by atoms with Crippen molar-refractivity contribution in [2.75, 3.05) is 9.80 Å². The van der Waals surface area contributed by atoms with Gasteiger partial charge in [0.1, 0.15) is 5.57 Å². The number of aryl methyl sites for hydroxylation is 3. The lowest BCUT2D eigenvalue weighted by Gasteiger charge is -2.50. The van der Waals surface area contributed by atoms with E-state index in [4.69, 9.17) is 12.2 Å². The Kier molecular flexibility index (Phi) is 6.39. The Labute approximate surface area is 214 Å². The van der Waals surface area contributed by atoms with Gasteiger partial charge in [-0.3, -0.25) is 19.8 Å². The van der Waals surface area contributed by atoms with E-state index in [1.54, 1.807) is 6.08 Å². The van der Waals surface area contributed by atoms with Gasteiger partial charge in [0.05, 0.1) is 5.69 Å². The first-order valence-corrected chi connectivity index (χ1v) is 12.6. The maximum Gasteiger partial charge on any atom is 0.270 e. The molecule has 35 heavy (non-hydrogen) atoms. The Balaban J connectivity index is 1.80. The number of carbonyl (C=O) groups excluding carboxylic acids is 2. The van der Waals surface area contributed by atoms with Crippen LogP contribution in [0.1, 0.15) is 74.8 Å². The zero-order valence-electron chi connectivity index (χ0n) is 21.9. The number of nitrogens with zero attached hydrogens (tertiary/aromatic N) is 2. The molecule has 184 valence electrons. The smallest absolute Gasteiger partial charge is 0.270 e. The van der Waals surface area contributed by atoms with Gasteiger partial charge in [-0.05, 0) is 120 Å². The zero-order chi connectivity index (χ0) is 25.8. The van der Waals surface area contributed by atoms with Crippen molar-refractivity contribution in [3.8, 4) is 0 Å². The normalized spacial score (nSPS) is 21.0. The number of hydrogen-bond donors (Lipinski definition) is 1. The largest absolute Gasteiger partial charge is 0.364 e. The molecule has 2 aromatic rings. The van der Waals surface area contributed by atoms with E-state index in [1.807, 2.05) is 39.0 Å². The lowest BCUT2D eigenvalue weighted by molar-refractivity contribution is -0.122. The summed E-state index contributed by atoms with van der Waals surface area (Å²) in [5.41, 5.74) is 7.23. The minimum Gasteiger partial charge on any atom is -0.364 e. The van der Waals surface area contributed by atoms with Crippen molar-refractivity contribution in [3.05, 3.63) is 63.7 Å². The minimum atomic E-state index is -0.462. The minimum absolute atomic E-state index is 0.0499. The first-order chi connectivity index (χ1) is 16.3. The van der Waals surface area contributed by atoms with Crippen LogP contribution in [0.5, 0.6) is 0 Å². The topological polar surface area (TPSA) is 52.7 Å². The summed E-state index contributed by atoms with van der Waals surface area (Å²) in [4.78, 5) is 30.4. The zero-order valence-corrected chi connectivity index (χ0v) is 22.8. The van der Waals surface area contributed by atoms with Crippen molar-refractivity contribution in [2.24, 2.45) is 0 Å². The van der Waals surface area contributed by atoms with Gasteiger partial charge in [-0.25, -0.2) is 0 Å². The van der Waals surface area contributed by atoms with Crippen molar-refractivity contribution >= 4 is 46.6 Å². The lowest BCUT2D eigenvalue weighted by atomic mass is 9.78. The molecule has 6 heteroatoms. The number of fused-ring (bicyclic) bond motifs is 1. The van der Waals surface area contributed by atoms with Crippen LogP contribution in [0.2, 0.25) is 0 Å². The molecule has 0 saturated carbocycles. The van der Waals surface area contributed by atoms with Crippen molar-refractivity contribution in [3.63, 3.8) is 0 Å². The summed E-state index contributed by atoms with van der Waals surface area (Å²) in [5, 5.41) is 2.82. The maximum absolute atomic E-state index is 13.6. The van der Waals surface area contributed by atoms with Crippen molar-refractivity contribution < 1.29 is 9.59 Å². The van der Waals surface area contributed by atoms with Crippen LogP contribution in [-0.4, -0.2) is 28.5 Å². The van der Waals surface area contributed by atoms with Crippen molar-refractivity contribution in [1.82, 2.24) is 5.32 Å². The molecule has 1 atom stereocenters. The fraction of sp³-hybridized carbons (Fsp3) is 0.414. The third-order valence-electron chi connectivity index (χ3n) is 7.17. The van der Waals surface area contributed by atoms with Gasteiger partial charge in [-0.1, -0.05) is 24.6 Å². The Morgan fingerprint density at radius 2 is 1.74 bits per heavy atom. The summed E-state index contributed by atoms with van der Waals surface area (Å²) < 4.78 is 0. The highest BCUT2D eigenvalue weighted by Crippen LogP contribution is 2.45. The van der Waals surface area contributed by atoms with E-state index in [0.29, 0.717) is 17.6 Å². The van der Waals surface area contributed by atoms with Crippen LogP contribution >= 0.6 is 12.2 Å². The Morgan fingerprint density at radius 1 is 1.06 bits per heavy atom. The third kappa shape index (κ3) is 4.40. The molecule has 5 nitrogen and oxygen atoms in total. The summed E-state index contributed by atoms with van der Waals surface area (Å²) in [6.45, 7) is 17.3. The fourth-order valence-electron chi connectivity index (χ4n) is 5.83. The summed E-state index contributed by atoms with van der Waals surface area (Å²) in [6.07, 6.45) is 2.75. The SMILES string of the molecule is Cc1ccc(N2C(=O)/C(=C/c3cc4c(cc3C)N(C(C)C)C(C)(C)C[C@H]4C)C(=O)NC2=S)c(C)c1. The second-order valence-corrected chi connectivity index (χ2v) is 11.3. The average molecular weight is 490 g/mol. The molecular weight excluding hydrogens is 454 g/mol. The average Bonchev–Trinajstić information content (AvgIpc) is 2.72. The molecule has 1 fully saturated rings. The summed E-state index contributed by atoms with van der Waals surface area (Å²) in [5.74, 6) is -0.500. The molecule has 1 saturated heterocycles. The van der Waals surface area contributed by atoms with Crippen LogP contribution in [0.15, 0.2) is 35.9 Å². The van der Waals surface area contributed by atoms with Gasteiger partial charge in [0.25, 0.3) is 11.8 Å². The summed E-state index contributed by atoms with van der Waals surface area (Å²) in [7, 11) is 0. The molecule has 0 unspecified atom stereocenters. The molecule has 0 aromatic heterocycles. The first-order valence-electron chi connectivity index (χ1n) is 12.2. The van der Waals surface area contributed by atoms with Crippen LogP contribution in [0.25, 0.3) is 6.08 Å². The Morgan fingerprint density at radius 3 is 2.37 bits per heavy atom. The van der Waals surface area contributed by atoms with Crippen LogP contribution in [0.3, 0.4) is 0 Å². The summed E-state index contributed by atoms with van der Waals surface area (Å²) in [6, 6.07) is 10.5. The molecule has 4 rings (SSSR count). The van der Waals surface area contributed by atoms with Gasteiger partial charge >= 0.3 is 0 Å². The van der Waals surface area contributed by atoms with Crippen LogP contribution in [-0.2, 0) is 9.59 Å². The standard InChI is InChI=1S/C29H35N3O2S/c1-16(2)32-25-12-18(4)21(13-22(25)20(6)15-29(32,7)8)14-23-26(33)30-28(35)31(27(23)34)24-10-9-17(3)11-19(24)5/h9-14,16,20H,15H2,1-8H3,(H,30,33,35)/b23-14+/t20-/m1/s1. The monoisotopic (exact) mass is 489 g/mol. The number of anilines is 2. The molecule has 1 N–H and O–H groups in total. The number of benzene rings is 2. The molecule has 0 bridgehead atoms. The predicted molar refractivity (Wildman–Crippen MR) is 148 cm³/mol. The molecule has 0 aliphatic carbocycles. The number of thiocarbonyl (C=S) groups is 1. The highest BCUT2D eigenvalue weighted by atomic mass is 32.1. The highest BCUT2D eigenvalue weighted by molar-refractivity contribution is 7.80. The van der Waals surface area contributed by atoms with E-state index in [-0.39, 0.29) is 16.2 Å². The van der Waals surface area contributed by atoms with E-state index >= 15 is 0 Å². The van der Waals surface area contributed by atoms with Crippen LogP contribution < -0.4 is 15.1 Å². The maximum atomic E-state index is 13.6. The highest BCUT2D eigenvalue weighted by Gasteiger charge is 2.39. The van der Waals surface area contributed by atoms with Gasteiger partial charge in [0, 0.05) is 17.3 Å². The third-order valence-corrected chi connectivity index (χ3v) is 7.46.